The van der Waals surface area contributed by atoms with Crippen molar-refractivity contribution in [3.05, 3.63) is 52.1 Å². The molecule has 2 aromatic heterocycles. The van der Waals surface area contributed by atoms with E-state index in [4.69, 9.17) is 0 Å². The van der Waals surface area contributed by atoms with Gasteiger partial charge in [0.2, 0.25) is 5.91 Å². The Labute approximate surface area is 148 Å². The summed E-state index contributed by atoms with van der Waals surface area (Å²) in [6.45, 7) is 3.81. The van der Waals surface area contributed by atoms with E-state index >= 15 is 0 Å². The van der Waals surface area contributed by atoms with E-state index in [0.29, 0.717) is 15.8 Å². The van der Waals surface area contributed by atoms with Crippen LogP contribution in [-0.2, 0) is 11.3 Å². The summed E-state index contributed by atoms with van der Waals surface area (Å²) >= 11 is 1.35. The number of amides is 1. The van der Waals surface area contributed by atoms with E-state index in [2.05, 4.69) is 10.3 Å². The molecule has 5 nitrogen and oxygen atoms in total. The van der Waals surface area contributed by atoms with Crippen molar-refractivity contribution in [1.29, 1.82) is 0 Å². The van der Waals surface area contributed by atoms with E-state index in [1.807, 2.05) is 19.2 Å². The second-order valence-electron chi connectivity index (χ2n) is 5.89. The maximum Gasteiger partial charge on any atom is 0.263 e. The van der Waals surface area contributed by atoms with Gasteiger partial charge < -0.3 is 5.32 Å². The average Bonchev–Trinajstić information content (AvgIpc) is 3.02. The van der Waals surface area contributed by atoms with E-state index < -0.39 is 0 Å². The first kappa shape index (κ1) is 17.3. The number of rotatable bonds is 5. The Morgan fingerprint density at radius 3 is 2.76 bits per heavy atom. The third-order valence-corrected chi connectivity index (χ3v) is 4.94. The van der Waals surface area contributed by atoms with Gasteiger partial charge in [0, 0.05) is 17.0 Å². The van der Waals surface area contributed by atoms with Gasteiger partial charge in [0.1, 0.15) is 17.2 Å². The van der Waals surface area contributed by atoms with Crippen molar-refractivity contribution in [2.45, 2.75) is 32.9 Å². The van der Waals surface area contributed by atoms with Crippen LogP contribution in [-0.4, -0.2) is 21.5 Å². The Morgan fingerprint density at radius 1 is 1.36 bits per heavy atom. The van der Waals surface area contributed by atoms with Crippen LogP contribution >= 0.6 is 11.3 Å². The zero-order valence-corrected chi connectivity index (χ0v) is 14.8. The number of hydrogen-bond acceptors (Lipinski definition) is 4. The fourth-order valence-corrected chi connectivity index (χ4v) is 3.41. The monoisotopic (exact) mass is 359 g/mol. The summed E-state index contributed by atoms with van der Waals surface area (Å²) in [4.78, 5) is 29.8. The number of benzene rings is 1. The molecule has 0 saturated carbocycles. The smallest absolute Gasteiger partial charge is 0.263 e. The van der Waals surface area contributed by atoms with Crippen LogP contribution in [0.2, 0.25) is 0 Å². The summed E-state index contributed by atoms with van der Waals surface area (Å²) in [7, 11) is 0. The van der Waals surface area contributed by atoms with Crippen molar-refractivity contribution in [3.8, 4) is 11.1 Å². The Kier molecular flexibility index (Phi) is 4.94. The number of thiophene rings is 1. The van der Waals surface area contributed by atoms with E-state index in [1.54, 1.807) is 12.1 Å². The summed E-state index contributed by atoms with van der Waals surface area (Å²) in [5, 5.41) is 5.12. The van der Waals surface area contributed by atoms with Gasteiger partial charge in [-0.1, -0.05) is 19.1 Å². The van der Waals surface area contributed by atoms with E-state index in [9.17, 15) is 14.0 Å². The lowest BCUT2D eigenvalue weighted by atomic mass is 10.1. The lowest BCUT2D eigenvalue weighted by molar-refractivity contribution is -0.122. The largest absolute Gasteiger partial charge is 0.352 e. The number of carbonyl (C=O) groups is 1. The zero-order valence-electron chi connectivity index (χ0n) is 14.0. The number of halogens is 1. The van der Waals surface area contributed by atoms with E-state index in [-0.39, 0.29) is 29.9 Å². The lowest BCUT2D eigenvalue weighted by Crippen LogP contribution is -2.37. The maximum absolute atomic E-state index is 13.1. The number of hydrogen-bond donors (Lipinski definition) is 1. The summed E-state index contributed by atoms with van der Waals surface area (Å²) in [5.74, 6) is -0.559. The van der Waals surface area contributed by atoms with Crippen molar-refractivity contribution >= 4 is 27.5 Å². The highest BCUT2D eigenvalue weighted by Gasteiger charge is 2.15. The standard InChI is InChI=1S/C18H18FN3O2S/c1-3-11(2)21-15(23)8-22-10-20-17-16(18(22)24)14(9-25-17)12-4-6-13(19)7-5-12/h4-7,9-11H,3,8H2,1-2H3,(H,21,23). The minimum Gasteiger partial charge on any atom is -0.352 e. The van der Waals surface area contributed by atoms with E-state index in [0.717, 1.165) is 12.0 Å². The minimum atomic E-state index is -0.333. The van der Waals surface area contributed by atoms with Crippen LogP contribution in [0, 0.1) is 5.82 Å². The molecule has 1 amide bonds. The second kappa shape index (κ2) is 7.14. The van der Waals surface area contributed by atoms with Crippen molar-refractivity contribution < 1.29 is 9.18 Å². The molecule has 7 heteroatoms. The number of carbonyl (C=O) groups excluding carboxylic acids is 1. The Balaban J connectivity index is 1.99. The third kappa shape index (κ3) is 3.61. The molecule has 0 aliphatic heterocycles. The molecule has 1 aromatic carbocycles. The fourth-order valence-electron chi connectivity index (χ4n) is 2.50. The quantitative estimate of drug-likeness (QED) is 0.761. The highest BCUT2D eigenvalue weighted by atomic mass is 32.1. The van der Waals surface area contributed by atoms with E-state index in [1.165, 1.54) is 34.4 Å². The molecule has 0 aliphatic carbocycles. The molecular weight excluding hydrogens is 341 g/mol. The average molecular weight is 359 g/mol. The van der Waals surface area contributed by atoms with Gasteiger partial charge >= 0.3 is 0 Å². The molecule has 0 radical (unpaired) electrons. The summed E-state index contributed by atoms with van der Waals surface area (Å²) < 4.78 is 14.4. The van der Waals surface area contributed by atoms with Crippen molar-refractivity contribution in [2.75, 3.05) is 0 Å². The molecule has 1 unspecified atom stereocenters. The molecule has 1 atom stereocenters. The van der Waals surface area contributed by atoms with Gasteiger partial charge in [-0.05, 0) is 31.0 Å². The molecule has 2 heterocycles. The van der Waals surface area contributed by atoms with Crippen LogP contribution in [0.15, 0.2) is 40.8 Å². The summed E-state index contributed by atoms with van der Waals surface area (Å²) in [5.41, 5.74) is 1.17. The SMILES string of the molecule is CCC(C)NC(=O)Cn1cnc2scc(-c3ccc(F)cc3)c2c1=O. The van der Waals surface area contributed by atoms with Crippen LogP contribution in [0.25, 0.3) is 21.3 Å². The molecule has 0 bridgehead atoms. The number of nitrogens with zero attached hydrogens (tertiary/aromatic N) is 2. The van der Waals surface area contributed by atoms with Gasteiger partial charge in [-0.3, -0.25) is 14.2 Å². The molecule has 0 fully saturated rings. The van der Waals surface area contributed by atoms with Crippen molar-refractivity contribution in [1.82, 2.24) is 14.9 Å². The van der Waals surface area contributed by atoms with Crippen LogP contribution in [0.5, 0.6) is 0 Å². The second-order valence-corrected chi connectivity index (χ2v) is 6.75. The summed E-state index contributed by atoms with van der Waals surface area (Å²) in [6.07, 6.45) is 2.21. The third-order valence-electron chi connectivity index (χ3n) is 4.05. The first-order chi connectivity index (χ1) is 12.0. The van der Waals surface area contributed by atoms with Crippen LogP contribution < -0.4 is 10.9 Å². The zero-order chi connectivity index (χ0) is 18.0. The molecular formula is C18H18FN3O2S. The van der Waals surface area contributed by atoms with Gasteiger partial charge in [0.05, 0.1) is 11.7 Å². The summed E-state index contributed by atoms with van der Waals surface area (Å²) in [6, 6.07) is 6.02. The van der Waals surface area contributed by atoms with Crippen molar-refractivity contribution in [3.63, 3.8) is 0 Å². The van der Waals surface area contributed by atoms with Gasteiger partial charge in [-0.25, -0.2) is 9.37 Å². The predicted molar refractivity (Wildman–Crippen MR) is 97.2 cm³/mol. The minimum absolute atomic E-state index is 0.0517. The number of aromatic nitrogens is 2. The van der Waals surface area contributed by atoms with Gasteiger partial charge in [0.15, 0.2) is 0 Å². The maximum atomic E-state index is 13.1. The van der Waals surface area contributed by atoms with Gasteiger partial charge in [-0.2, -0.15) is 0 Å². The Morgan fingerprint density at radius 2 is 2.08 bits per heavy atom. The molecule has 130 valence electrons. The topological polar surface area (TPSA) is 64.0 Å². The van der Waals surface area contributed by atoms with Crippen LogP contribution in [0.4, 0.5) is 4.39 Å². The normalized spacial score (nSPS) is 12.3. The Hall–Kier alpha value is -2.54. The van der Waals surface area contributed by atoms with Gasteiger partial charge in [0.25, 0.3) is 5.56 Å². The van der Waals surface area contributed by atoms with Crippen LogP contribution in [0.1, 0.15) is 20.3 Å². The molecule has 3 rings (SSSR count). The lowest BCUT2D eigenvalue weighted by Gasteiger charge is -2.12. The van der Waals surface area contributed by atoms with Gasteiger partial charge in [-0.15, -0.1) is 11.3 Å². The van der Waals surface area contributed by atoms with Crippen molar-refractivity contribution in [2.24, 2.45) is 0 Å². The fraction of sp³-hybridized carbons (Fsp3) is 0.278. The molecule has 0 spiro atoms. The number of nitrogens with one attached hydrogen (secondary N) is 1. The molecule has 0 saturated heterocycles. The first-order valence-corrected chi connectivity index (χ1v) is 8.89. The highest BCUT2D eigenvalue weighted by Crippen LogP contribution is 2.30. The van der Waals surface area contributed by atoms with Crippen LogP contribution in [0.3, 0.4) is 0 Å². The molecule has 25 heavy (non-hydrogen) atoms. The first-order valence-electron chi connectivity index (χ1n) is 8.01. The molecule has 3 aromatic rings. The molecule has 1 N–H and O–H groups in total. The Bertz CT molecular complexity index is 963. The number of fused-ring (bicyclic) bond motifs is 1. The predicted octanol–water partition coefficient (Wildman–Crippen LogP) is 3.18. The molecule has 0 aliphatic rings. The highest BCUT2D eigenvalue weighted by molar-refractivity contribution is 7.17.